The maximum atomic E-state index is 12.7. The van der Waals surface area contributed by atoms with Gasteiger partial charge in [-0.3, -0.25) is 9.59 Å². The Morgan fingerprint density at radius 2 is 1.63 bits per heavy atom. The first-order valence-corrected chi connectivity index (χ1v) is 10.2. The van der Waals surface area contributed by atoms with Gasteiger partial charge in [0.15, 0.2) is 0 Å². The third-order valence-corrected chi connectivity index (χ3v) is 6.42. The van der Waals surface area contributed by atoms with Crippen molar-refractivity contribution in [2.75, 3.05) is 26.2 Å². The van der Waals surface area contributed by atoms with Gasteiger partial charge in [-0.1, -0.05) is 41.5 Å². The number of amides is 2. The number of aryl methyl sites for hydroxylation is 3. The van der Waals surface area contributed by atoms with Gasteiger partial charge in [0.25, 0.3) is 0 Å². The molecule has 3 aliphatic rings. The fourth-order valence-electron chi connectivity index (χ4n) is 5.03. The zero-order chi connectivity index (χ0) is 19.0. The molecule has 0 unspecified atom stereocenters. The van der Waals surface area contributed by atoms with Gasteiger partial charge in [-0.25, -0.2) is 0 Å². The highest BCUT2D eigenvalue weighted by molar-refractivity contribution is 5.81. The van der Waals surface area contributed by atoms with Gasteiger partial charge in [-0.05, 0) is 45.1 Å². The first-order valence-electron chi connectivity index (χ1n) is 10.2. The zero-order valence-corrected chi connectivity index (χ0v) is 16.5. The average molecular weight is 367 g/mol. The van der Waals surface area contributed by atoms with Crippen LogP contribution in [0.2, 0.25) is 0 Å². The van der Waals surface area contributed by atoms with Crippen molar-refractivity contribution in [2.24, 2.45) is 11.3 Å². The zero-order valence-electron chi connectivity index (χ0n) is 16.5. The van der Waals surface area contributed by atoms with E-state index in [9.17, 15) is 9.59 Å². The molecule has 0 saturated carbocycles. The van der Waals surface area contributed by atoms with E-state index in [0.717, 1.165) is 51.9 Å². The lowest BCUT2D eigenvalue weighted by Gasteiger charge is -2.48. The predicted octanol–water partition coefficient (Wildman–Crippen LogP) is 3.26. The molecule has 27 heavy (non-hydrogen) atoms. The Bertz CT molecular complexity index is 748. The van der Waals surface area contributed by atoms with Crippen molar-refractivity contribution in [3.63, 3.8) is 0 Å². The lowest BCUT2D eigenvalue weighted by Crippen LogP contribution is -2.60. The Labute approximate surface area is 162 Å². The number of allylic oxidation sites excluding steroid dienone is 2. The maximum absolute atomic E-state index is 12.7. The van der Waals surface area contributed by atoms with Gasteiger partial charge in [0, 0.05) is 43.9 Å². The van der Waals surface area contributed by atoms with Crippen molar-refractivity contribution in [3.05, 3.63) is 47.0 Å². The van der Waals surface area contributed by atoms with Crippen LogP contribution in [-0.2, 0) is 16.0 Å². The Kier molecular flexibility index (Phi) is 4.83. The van der Waals surface area contributed by atoms with E-state index in [0.29, 0.717) is 12.3 Å². The van der Waals surface area contributed by atoms with Crippen molar-refractivity contribution < 1.29 is 9.59 Å². The molecule has 1 aliphatic carbocycles. The SMILES string of the molecule is Cc1cc(C)cc(CCC(=O)N2CCC3(C2)CN(C(=O)C2CC=CC2)C3)c1. The van der Waals surface area contributed by atoms with Crippen LogP contribution in [0.25, 0.3) is 0 Å². The van der Waals surface area contributed by atoms with E-state index < -0.39 is 0 Å². The molecular formula is C23H30N2O2. The van der Waals surface area contributed by atoms with Crippen molar-refractivity contribution in [1.29, 1.82) is 0 Å². The van der Waals surface area contributed by atoms with Crippen LogP contribution in [0.15, 0.2) is 30.4 Å². The van der Waals surface area contributed by atoms with E-state index in [4.69, 9.17) is 0 Å². The van der Waals surface area contributed by atoms with Crippen LogP contribution in [0, 0.1) is 25.2 Å². The summed E-state index contributed by atoms with van der Waals surface area (Å²) in [6.07, 6.45) is 8.44. The van der Waals surface area contributed by atoms with Gasteiger partial charge in [0.2, 0.25) is 11.8 Å². The number of benzene rings is 1. The number of nitrogens with zero attached hydrogens (tertiary/aromatic N) is 2. The van der Waals surface area contributed by atoms with Crippen molar-refractivity contribution >= 4 is 11.8 Å². The fraction of sp³-hybridized carbons (Fsp3) is 0.565. The van der Waals surface area contributed by atoms with Crippen molar-refractivity contribution in [1.82, 2.24) is 9.80 Å². The number of rotatable bonds is 4. The highest BCUT2D eigenvalue weighted by Gasteiger charge is 2.50. The van der Waals surface area contributed by atoms with Crippen LogP contribution in [0.1, 0.15) is 42.4 Å². The Hall–Kier alpha value is -2.10. The molecule has 0 radical (unpaired) electrons. The molecule has 2 fully saturated rings. The molecular weight excluding hydrogens is 336 g/mol. The highest BCUT2D eigenvalue weighted by atomic mass is 16.2. The second kappa shape index (κ2) is 7.14. The standard InChI is InChI=1S/C23H30N2O2/c1-17-11-18(2)13-19(12-17)7-8-21(26)24-10-9-23(14-24)15-25(16-23)22(27)20-5-3-4-6-20/h3-4,11-13,20H,5-10,14-16H2,1-2H3. The third-order valence-electron chi connectivity index (χ3n) is 6.42. The van der Waals surface area contributed by atoms with Crippen LogP contribution < -0.4 is 0 Å². The minimum absolute atomic E-state index is 0.164. The van der Waals surface area contributed by atoms with Gasteiger partial charge in [-0.15, -0.1) is 0 Å². The van der Waals surface area contributed by atoms with E-state index >= 15 is 0 Å². The molecule has 2 amide bonds. The number of hydrogen-bond acceptors (Lipinski definition) is 2. The average Bonchev–Trinajstić information content (AvgIpc) is 3.26. The van der Waals surface area contributed by atoms with Crippen molar-refractivity contribution in [3.8, 4) is 0 Å². The van der Waals surface area contributed by atoms with E-state index in [2.05, 4.69) is 44.2 Å². The lowest BCUT2D eigenvalue weighted by atomic mass is 9.78. The molecule has 144 valence electrons. The van der Waals surface area contributed by atoms with Gasteiger partial charge in [-0.2, -0.15) is 0 Å². The van der Waals surface area contributed by atoms with Crippen LogP contribution in [0.3, 0.4) is 0 Å². The van der Waals surface area contributed by atoms with Gasteiger partial charge in [0.05, 0.1) is 0 Å². The van der Waals surface area contributed by atoms with Crippen LogP contribution >= 0.6 is 0 Å². The Balaban J connectivity index is 1.26. The molecule has 4 nitrogen and oxygen atoms in total. The first kappa shape index (κ1) is 18.3. The van der Waals surface area contributed by atoms with E-state index in [-0.39, 0.29) is 17.2 Å². The summed E-state index contributed by atoms with van der Waals surface area (Å²) in [5.41, 5.74) is 3.93. The Morgan fingerprint density at radius 1 is 1.00 bits per heavy atom. The second-order valence-electron chi connectivity index (χ2n) is 8.90. The molecule has 0 N–H and O–H groups in total. The molecule has 0 aromatic heterocycles. The van der Waals surface area contributed by atoms with Crippen LogP contribution in [0.5, 0.6) is 0 Å². The van der Waals surface area contributed by atoms with Crippen LogP contribution in [0.4, 0.5) is 0 Å². The van der Waals surface area contributed by atoms with Gasteiger partial charge in [0.1, 0.15) is 0 Å². The summed E-state index contributed by atoms with van der Waals surface area (Å²) >= 11 is 0. The highest BCUT2D eigenvalue weighted by Crippen LogP contribution is 2.41. The molecule has 1 aromatic rings. The molecule has 1 aromatic carbocycles. The second-order valence-corrected chi connectivity index (χ2v) is 8.90. The smallest absolute Gasteiger partial charge is 0.226 e. The summed E-state index contributed by atoms with van der Waals surface area (Å²) in [6, 6.07) is 6.53. The minimum atomic E-state index is 0.164. The predicted molar refractivity (Wildman–Crippen MR) is 106 cm³/mol. The van der Waals surface area contributed by atoms with E-state index in [1.807, 2.05) is 9.80 Å². The normalized spacial score (nSPS) is 21.1. The number of likely N-dealkylation sites (tertiary alicyclic amines) is 2. The summed E-state index contributed by atoms with van der Waals surface area (Å²) in [5, 5.41) is 0. The molecule has 0 bridgehead atoms. The van der Waals surface area contributed by atoms with E-state index in [1.165, 1.54) is 16.7 Å². The Morgan fingerprint density at radius 3 is 2.30 bits per heavy atom. The third kappa shape index (κ3) is 3.80. The summed E-state index contributed by atoms with van der Waals surface area (Å²) < 4.78 is 0. The molecule has 2 aliphatic heterocycles. The van der Waals surface area contributed by atoms with E-state index in [1.54, 1.807) is 0 Å². The molecule has 2 heterocycles. The van der Waals surface area contributed by atoms with Gasteiger partial charge >= 0.3 is 0 Å². The summed E-state index contributed by atoms with van der Waals surface area (Å²) in [7, 11) is 0. The molecule has 4 rings (SSSR count). The van der Waals surface area contributed by atoms with Crippen molar-refractivity contribution in [2.45, 2.75) is 46.0 Å². The summed E-state index contributed by atoms with van der Waals surface area (Å²) in [4.78, 5) is 29.2. The first-order chi connectivity index (χ1) is 12.9. The molecule has 4 heteroatoms. The lowest BCUT2D eigenvalue weighted by molar-refractivity contribution is -0.147. The fourth-order valence-corrected chi connectivity index (χ4v) is 5.03. The molecule has 0 atom stereocenters. The molecule has 2 saturated heterocycles. The minimum Gasteiger partial charge on any atom is -0.342 e. The number of carbonyl (C=O) groups excluding carboxylic acids is 2. The number of carbonyl (C=O) groups is 2. The van der Waals surface area contributed by atoms with Crippen LogP contribution in [-0.4, -0.2) is 47.8 Å². The monoisotopic (exact) mass is 366 g/mol. The summed E-state index contributed by atoms with van der Waals surface area (Å²) in [5.74, 6) is 0.736. The van der Waals surface area contributed by atoms with Gasteiger partial charge < -0.3 is 9.80 Å². The molecule has 1 spiro atoms. The largest absolute Gasteiger partial charge is 0.342 e. The maximum Gasteiger partial charge on any atom is 0.226 e. The topological polar surface area (TPSA) is 40.6 Å². The summed E-state index contributed by atoms with van der Waals surface area (Å²) in [6.45, 7) is 7.55. The quantitative estimate of drug-likeness (QED) is 0.768. The number of hydrogen-bond donors (Lipinski definition) is 0.